The summed E-state index contributed by atoms with van der Waals surface area (Å²) in [5, 5.41) is 2.70. The van der Waals surface area contributed by atoms with Crippen LogP contribution in [0.2, 0.25) is 0 Å². The van der Waals surface area contributed by atoms with E-state index in [-0.39, 0.29) is 35.1 Å². The predicted molar refractivity (Wildman–Crippen MR) is 84.9 cm³/mol. The summed E-state index contributed by atoms with van der Waals surface area (Å²) < 4.78 is 0. The topological polar surface area (TPSA) is 89.3 Å². The molecular formula is C17H16N2O3. The normalized spacial score (nSPS) is 10.0. The molecular weight excluding hydrogens is 280 g/mol. The Bertz CT molecular complexity index is 724. The summed E-state index contributed by atoms with van der Waals surface area (Å²) in [5.41, 5.74) is 7.25. The molecule has 112 valence electrons. The highest BCUT2D eigenvalue weighted by molar-refractivity contribution is 6.11. The van der Waals surface area contributed by atoms with Crippen molar-refractivity contribution in [3.63, 3.8) is 0 Å². The first-order valence-corrected chi connectivity index (χ1v) is 6.76. The molecule has 22 heavy (non-hydrogen) atoms. The number of rotatable bonds is 5. The summed E-state index contributed by atoms with van der Waals surface area (Å²) in [7, 11) is 0. The molecule has 0 unspecified atom stereocenters. The maximum absolute atomic E-state index is 12.1. The molecule has 0 aliphatic heterocycles. The largest absolute Gasteiger partial charge is 0.398 e. The number of carbonyl (C=O) groups is 3. The van der Waals surface area contributed by atoms with E-state index in [9.17, 15) is 14.4 Å². The van der Waals surface area contributed by atoms with E-state index < -0.39 is 0 Å². The van der Waals surface area contributed by atoms with Crippen molar-refractivity contribution in [2.24, 2.45) is 0 Å². The van der Waals surface area contributed by atoms with Gasteiger partial charge in [0.25, 0.3) is 5.91 Å². The van der Waals surface area contributed by atoms with Crippen LogP contribution in [0.3, 0.4) is 0 Å². The Labute approximate surface area is 128 Å². The number of nitrogen functional groups attached to an aromatic ring is 1. The third kappa shape index (κ3) is 3.79. The summed E-state index contributed by atoms with van der Waals surface area (Å²) in [6.45, 7) is 1.34. The number of benzene rings is 2. The summed E-state index contributed by atoms with van der Waals surface area (Å²) >= 11 is 0. The maximum Gasteiger partial charge on any atom is 0.255 e. The van der Waals surface area contributed by atoms with Crippen LogP contribution >= 0.6 is 0 Å². The fourth-order valence-corrected chi connectivity index (χ4v) is 1.99. The van der Waals surface area contributed by atoms with Crippen LogP contribution in [0.1, 0.15) is 34.1 Å². The smallest absolute Gasteiger partial charge is 0.255 e. The van der Waals surface area contributed by atoms with E-state index in [0.717, 1.165) is 0 Å². The molecule has 0 saturated carbocycles. The van der Waals surface area contributed by atoms with Gasteiger partial charge >= 0.3 is 0 Å². The third-order valence-corrected chi connectivity index (χ3v) is 3.06. The van der Waals surface area contributed by atoms with E-state index in [0.29, 0.717) is 11.3 Å². The van der Waals surface area contributed by atoms with Gasteiger partial charge in [-0.1, -0.05) is 18.2 Å². The van der Waals surface area contributed by atoms with E-state index in [4.69, 9.17) is 5.73 Å². The number of hydrogen-bond acceptors (Lipinski definition) is 4. The molecule has 0 aliphatic carbocycles. The number of nitrogens with two attached hydrogens (primary N) is 1. The monoisotopic (exact) mass is 296 g/mol. The van der Waals surface area contributed by atoms with Crippen molar-refractivity contribution in [1.82, 2.24) is 0 Å². The Hall–Kier alpha value is -2.95. The van der Waals surface area contributed by atoms with Gasteiger partial charge in [-0.15, -0.1) is 0 Å². The van der Waals surface area contributed by atoms with Crippen molar-refractivity contribution in [2.75, 3.05) is 11.1 Å². The van der Waals surface area contributed by atoms with Crippen molar-refractivity contribution in [3.8, 4) is 0 Å². The Balaban J connectivity index is 2.21. The zero-order valence-electron chi connectivity index (χ0n) is 12.1. The minimum Gasteiger partial charge on any atom is -0.398 e. The fourth-order valence-electron chi connectivity index (χ4n) is 1.99. The quantitative estimate of drug-likeness (QED) is 0.504. The standard InChI is InChI=1S/C17H16N2O3/c1-11(20)9-16(21)14-10-13(7-8-15(14)18)19-17(22)12-5-3-2-4-6-12/h2-8,10H,9,18H2,1H3,(H,19,22). The van der Waals surface area contributed by atoms with Crippen LogP contribution in [0.25, 0.3) is 0 Å². The highest BCUT2D eigenvalue weighted by Crippen LogP contribution is 2.20. The number of carbonyl (C=O) groups excluding carboxylic acids is 3. The van der Waals surface area contributed by atoms with Crippen LogP contribution in [0.4, 0.5) is 11.4 Å². The molecule has 2 aromatic rings. The van der Waals surface area contributed by atoms with Crippen LogP contribution in [-0.4, -0.2) is 17.5 Å². The molecule has 0 atom stereocenters. The van der Waals surface area contributed by atoms with Gasteiger partial charge in [0, 0.05) is 22.5 Å². The highest BCUT2D eigenvalue weighted by atomic mass is 16.2. The molecule has 0 fully saturated rings. The third-order valence-electron chi connectivity index (χ3n) is 3.06. The van der Waals surface area contributed by atoms with Crippen molar-refractivity contribution < 1.29 is 14.4 Å². The van der Waals surface area contributed by atoms with Crippen LogP contribution in [0.5, 0.6) is 0 Å². The van der Waals surface area contributed by atoms with Gasteiger partial charge in [-0.2, -0.15) is 0 Å². The van der Waals surface area contributed by atoms with Gasteiger partial charge in [0.1, 0.15) is 5.78 Å². The molecule has 5 nitrogen and oxygen atoms in total. The zero-order valence-corrected chi connectivity index (χ0v) is 12.1. The first-order chi connectivity index (χ1) is 10.5. The molecule has 5 heteroatoms. The lowest BCUT2D eigenvalue weighted by molar-refractivity contribution is -0.116. The van der Waals surface area contributed by atoms with E-state index >= 15 is 0 Å². The fraction of sp³-hybridized carbons (Fsp3) is 0.118. The van der Waals surface area contributed by atoms with E-state index in [2.05, 4.69) is 5.32 Å². The summed E-state index contributed by atoms with van der Waals surface area (Å²) in [6, 6.07) is 13.4. The van der Waals surface area contributed by atoms with Gasteiger partial charge in [0.05, 0.1) is 6.42 Å². The van der Waals surface area contributed by atoms with Crippen LogP contribution < -0.4 is 11.1 Å². The number of ketones is 2. The molecule has 0 spiro atoms. The molecule has 1 amide bonds. The van der Waals surface area contributed by atoms with Gasteiger partial charge < -0.3 is 11.1 Å². The number of anilines is 2. The molecule has 0 aromatic heterocycles. The van der Waals surface area contributed by atoms with Crippen LogP contribution in [0.15, 0.2) is 48.5 Å². The highest BCUT2D eigenvalue weighted by Gasteiger charge is 2.14. The number of hydrogen-bond donors (Lipinski definition) is 2. The molecule has 2 aromatic carbocycles. The minimum absolute atomic E-state index is 0.208. The Morgan fingerprint density at radius 1 is 1.05 bits per heavy atom. The van der Waals surface area contributed by atoms with Crippen molar-refractivity contribution >= 4 is 28.8 Å². The Kier molecular flexibility index (Phi) is 4.68. The summed E-state index contributed by atoms with van der Waals surface area (Å²) in [4.78, 5) is 35.1. The SMILES string of the molecule is CC(=O)CC(=O)c1cc(NC(=O)c2ccccc2)ccc1N. The minimum atomic E-state index is -0.360. The molecule has 0 saturated heterocycles. The van der Waals surface area contributed by atoms with Crippen molar-refractivity contribution in [2.45, 2.75) is 13.3 Å². The first-order valence-electron chi connectivity index (χ1n) is 6.76. The number of amides is 1. The van der Waals surface area contributed by atoms with E-state index in [1.165, 1.54) is 19.1 Å². The lowest BCUT2D eigenvalue weighted by atomic mass is 10.0. The van der Waals surface area contributed by atoms with Gasteiger partial charge in [0.15, 0.2) is 5.78 Å². The van der Waals surface area contributed by atoms with Gasteiger partial charge in [-0.3, -0.25) is 14.4 Å². The molecule has 3 N–H and O–H groups in total. The van der Waals surface area contributed by atoms with Crippen molar-refractivity contribution in [3.05, 3.63) is 59.7 Å². The zero-order chi connectivity index (χ0) is 16.1. The summed E-state index contributed by atoms with van der Waals surface area (Å²) in [6.07, 6.45) is -0.208. The average molecular weight is 296 g/mol. The predicted octanol–water partition coefficient (Wildman–Crippen LogP) is 2.68. The second kappa shape index (κ2) is 6.67. The lowest BCUT2D eigenvalue weighted by Crippen LogP contribution is -2.13. The van der Waals surface area contributed by atoms with Gasteiger partial charge in [-0.25, -0.2) is 0 Å². The number of Topliss-reactive ketones (excluding diaryl/α,β-unsaturated/α-hetero) is 2. The van der Waals surface area contributed by atoms with E-state index in [1.54, 1.807) is 30.3 Å². The lowest BCUT2D eigenvalue weighted by Gasteiger charge is -2.09. The maximum atomic E-state index is 12.1. The average Bonchev–Trinajstić information content (AvgIpc) is 2.49. The van der Waals surface area contributed by atoms with Gasteiger partial charge in [-0.05, 0) is 37.3 Å². The van der Waals surface area contributed by atoms with Crippen LogP contribution in [0, 0.1) is 0 Å². The molecule has 2 rings (SSSR count). The second-order valence-corrected chi connectivity index (χ2v) is 4.92. The molecule has 0 heterocycles. The first kappa shape index (κ1) is 15.4. The second-order valence-electron chi connectivity index (χ2n) is 4.92. The molecule has 0 radical (unpaired) electrons. The number of nitrogens with one attached hydrogen (secondary N) is 1. The Morgan fingerprint density at radius 3 is 2.36 bits per heavy atom. The Morgan fingerprint density at radius 2 is 1.73 bits per heavy atom. The van der Waals surface area contributed by atoms with Gasteiger partial charge in [0.2, 0.25) is 0 Å². The molecule has 0 aliphatic rings. The van der Waals surface area contributed by atoms with E-state index in [1.807, 2.05) is 6.07 Å². The van der Waals surface area contributed by atoms with Crippen molar-refractivity contribution in [1.29, 1.82) is 0 Å². The summed E-state index contributed by atoms with van der Waals surface area (Å²) in [5.74, 6) is -0.876. The molecule has 0 bridgehead atoms. The van der Waals surface area contributed by atoms with Crippen LogP contribution in [-0.2, 0) is 4.79 Å².